The van der Waals surface area contributed by atoms with Crippen molar-refractivity contribution in [3.05, 3.63) is 12.7 Å². The molecule has 0 saturated heterocycles. The molecule has 3 heteroatoms. The van der Waals surface area contributed by atoms with E-state index in [1.165, 1.54) is 0 Å². The van der Waals surface area contributed by atoms with Crippen LogP contribution in [0, 0.1) is 0 Å². The molecule has 0 saturated carbocycles. The molecular formula is C11H24O2Si. The Balaban J connectivity index is 4.05. The summed E-state index contributed by atoms with van der Waals surface area (Å²) in [6, 6.07) is 0. The first-order chi connectivity index (χ1) is 6.20. The van der Waals surface area contributed by atoms with Crippen molar-refractivity contribution in [3.8, 4) is 0 Å². The fourth-order valence-corrected chi connectivity index (χ4v) is 1.82. The van der Waals surface area contributed by atoms with E-state index in [9.17, 15) is 5.11 Å². The first-order valence-corrected chi connectivity index (χ1v) is 8.04. The minimum atomic E-state index is -1.69. The van der Waals surface area contributed by atoms with Crippen LogP contribution in [0.15, 0.2) is 12.7 Å². The molecule has 84 valence electrons. The summed E-state index contributed by atoms with van der Waals surface area (Å²) in [5.74, 6) is 0. The molecule has 0 aromatic carbocycles. The summed E-state index contributed by atoms with van der Waals surface area (Å²) < 4.78 is 5.85. The van der Waals surface area contributed by atoms with Crippen molar-refractivity contribution in [1.29, 1.82) is 0 Å². The average molecular weight is 216 g/mol. The zero-order valence-corrected chi connectivity index (χ0v) is 11.1. The van der Waals surface area contributed by atoms with Crippen molar-refractivity contribution < 1.29 is 9.53 Å². The molecule has 0 aromatic heterocycles. The van der Waals surface area contributed by atoms with Crippen LogP contribution < -0.4 is 0 Å². The van der Waals surface area contributed by atoms with E-state index >= 15 is 0 Å². The Morgan fingerprint density at radius 1 is 1.43 bits per heavy atom. The van der Waals surface area contributed by atoms with Crippen LogP contribution >= 0.6 is 0 Å². The van der Waals surface area contributed by atoms with Crippen LogP contribution in [0.3, 0.4) is 0 Å². The minimum Gasteiger partial charge on any atom is -0.414 e. The van der Waals surface area contributed by atoms with Gasteiger partial charge in [-0.3, -0.25) is 0 Å². The lowest BCUT2D eigenvalue weighted by Gasteiger charge is -2.36. The molecule has 0 aliphatic carbocycles. The van der Waals surface area contributed by atoms with E-state index in [-0.39, 0.29) is 5.04 Å². The molecule has 0 rings (SSSR count). The molecule has 0 radical (unpaired) electrons. The second kappa shape index (κ2) is 5.10. The van der Waals surface area contributed by atoms with Crippen LogP contribution in [-0.4, -0.2) is 26.1 Å². The topological polar surface area (TPSA) is 29.5 Å². The highest BCUT2D eigenvalue weighted by atomic mass is 28.4. The molecule has 0 unspecified atom stereocenters. The third kappa shape index (κ3) is 4.40. The highest BCUT2D eigenvalue weighted by molar-refractivity contribution is 6.74. The van der Waals surface area contributed by atoms with Gasteiger partial charge in [0.05, 0.1) is 12.7 Å². The SMILES string of the molecule is C=CC[C@@H](O)CO[Si](C)(C)C(C)(C)C. The molecule has 0 fully saturated rings. The lowest BCUT2D eigenvalue weighted by Crippen LogP contribution is -2.42. The number of rotatable bonds is 5. The molecule has 0 bridgehead atoms. The summed E-state index contributed by atoms with van der Waals surface area (Å²) in [6.07, 6.45) is 1.93. The van der Waals surface area contributed by atoms with E-state index in [1.807, 2.05) is 0 Å². The maximum atomic E-state index is 9.50. The standard InChI is InChI=1S/C11H24O2Si/c1-7-8-10(12)9-13-14(5,6)11(2,3)4/h7,10,12H,1,8-9H2,2-6H3/t10-/m1/s1. The normalized spacial score (nSPS) is 15.3. The molecular weight excluding hydrogens is 192 g/mol. The van der Waals surface area contributed by atoms with Crippen molar-refractivity contribution in [2.24, 2.45) is 0 Å². The molecule has 1 atom stereocenters. The Morgan fingerprint density at radius 3 is 2.29 bits per heavy atom. The minimum absolute atomic E-state index is 0.209. The smallest absolute Gasteiger partial charge is 0.192 e. The Morgan fingerprint density at radius 2 is 1.93 bits per heavy atom. The molecule has 1 N–H and O–H groups in total. The van der Waals surface area contributed by atoms with Gasteiger partial charge >= 0.3 is 0 Å². The fourth-order valence-electron chi connectivity index (χ4n) is 0.781. The summed E-state index contributed by atoms with van der Waals surface area (Å²) in [7, 11) is -1.69. The predicted molar refractivity (Wildman–Crippen MR) is 64.0 cm³/mol. The zero-order chi connectivity index (χ0) is 11.4. The first kappa shape index (κ1) is 13.9. The lowest BCUT2D eigenvalue weighted by atomic mass is 10.2. The lowest BCUT2D eigenvalue weighted by molar-refractivity contribution is 0.102. The van der Waals surface area contributed by atoms with Crippen LogP contribution in [0.2, 0.25) is 18.1 Å². The van der Waals surface area contributed by atoms with Crippen molar-refractivity contribution in [2.45, 2.75) is 51.4 Å². The van der Waals surface area contributed by atoms with Crippen LogP contribution in [-0.2, 0) is 4.43 Å². The zero-order valence-electron chi connectivity index (χ0n) is 10.1. The van der Waals surface area contributed by atoms with Crippen molar-refractivity contribution in [1.82, 2.24) is 0 Å². The monoisotopic (exact) mass is 216 g/mol. The van der Waals surface area contributed by atoms with Gasteiger partial charge in [-0.2, -0.15) is 0 Å². The van der Waals surface area contributed by atoms with Crippen molar-refractivity contribution >= 4 is 8.32 Å². The summed E-state index contributed by atoms with van der Waals surface area (Å²) in [4.78, 5) is 0. The molecule has 2 nitrogen and oxygen atoms in total. The molecule has 0 heterocycles. The summed E-state index contributed by atoms with van der Waals surface area (Å²) >= 11 is 0. The van der Waals surface area contributed by atoms with Crippen molar-refractivity contribution in [3.63, 3.8) is 0 Å². The summed E-state index contributed by atoms with van der Waals surface area (Å²) in [5, 5.41) is 9.71. The van der Waals surface area contributed by atoms with Gasteiger partial charge in [0.15, 0.2) is 8.32 Å². The van der Waals surface area contributed by atoms with Gasteiger partial charge in [-0.25, -0.2) is 0 Å². The van der Waals surface area contributed by atoms with Crippen LogP contribution in [0.4, 0.5) is 0 Å². The van der Waals surface area contributed by atoms with E-state index in [0.29, 0.717) is 13.0 Å². The van der Waals surface area contributed by atoms with Gasteiger partial charge in [-0.15, -0.1) is 6.58 Å². The maximum Gasteiger partial charge on any atom is 0.192 e. The van der Waals surface area contributed by atoms with Gasteiger partial charge in [0.2, 0.25) is 0 Å². The highest BCUT2D eigenvalue weighted by Crippen LogP contribution is 2.36. The van der Waals surface area contributed by atoms with Gasteiger partial charge in [-0.1, -0.05) is 26.8 Å². The van der Waals surface area contributed by atoms with E-state index in [1.54, 1.807) is 6.08 Å². The molecule has 0 aliphatic heterocycles. The second-order valence-electron chi connectivity index (χ2n) is 5.25. The van der Waals surface area contributed by atoms with E-state index in [2.05, 4.69) is 40.4 Å². The quantitative estimate of drug-likeness (QED) is 0.565. The number of hydrogen-bond acceptors (Lipinski definition) is 2. The van der Waals surface area contributed by atoms with E-state index < -0.39 is 14.4 Å². The molecule has 0 aliphatic rings. The average Bonchev–Trinajstić information content (AvgIpc) is 1.99. The first-order valence-electron chi connectivity index (χ1n) is 5.13. The summed E-state index contributed by atoms with van der Waals surface area (Å²) in [5.41, 5.74) is 0. The molecule has 0 aromatic rings. The van der Waals surface area contributed by atoms with E-state index in [4.69, 9.17) is 4.43 Å². The van der Waals surface area contributed by atoms with Crippen molar-refractivity contribution in [2.75, 3.05) is 6.61 Å². The Bertz CT molecular complexity index is 182. The Hall–Kier alpha value is -0.123. The number of aliphatic hydroxyl groups excluding tert-OH is 1. The third-order valence-corrected chi connectivity index (χ3v) is 7.38. The maximum absolute atomic E-state index is 9.50. The number of hydrogen-bond donors (Lipinski definition) is 1. The number of aliphatic hydroxyl groups is 1. The third-order valence-electron chi connectivity index (χ3n) is 2.88. The van der Waals surface area contributed by atoms with Crippen LogP contribution in [0.25, 0.3) is 0 Å². The molecule has 0 spiro atoms. The highest BCUT2D eigenvalue weighted by Gasteiger charge is 2.37. The molecule has 14 heavy (non-hydrogen) atoms. The summed E-state index contributed by atoms with van der Waals surface area (Å²) in [6.45, 7) is 15.0. The van der Waals surface area contributed by atoms with Gasteiger partial charge in [0.1, 0.15) is 0 Å². The van der Waals surface area contributed by atoms with Gasteiger partial charge in [0, 0.05) is 0 Å². The predicted octanol–water partition coefficient (Wildman–Crippen LogP) is 2.95. The largest absolute Gasteiger partial charge is 0.414 e. The van der Waals surface area contributed by atoms with Gasteiger partial charge in [0.25, 0.3) is 0 Å². The van der Waals surface area contributed by atoms with Gasteiger partial charge in [-0.05, 0) is 24.6 Å². The van der Waals surface area contributed by atoms with Crippen LogP contribution in [0.5, 0.6) is 0 Å². The molecule has 0 amide bonds. The van der Waals surface area contributed by atoms with Gasteiger partial charge < -0.3 is 9.53 Å². The fraction of sp³-hybridized carbons (Fsp3) is 0.818. The van der Waals surface area contributed by atoms with Crippen LogP contribution in [0.1, 0.15) is 27.2 Å². The Kier molecular flexibility index (Phi) is 5.05. The van der Waals surface area contributed by atoms with E-state index in [0.717, 1.165) is 0 Å². The second-order valence-corrected chi connectivity index (χ2v) is 10.1. The Labute approximate surface area is 89.1 Å².